The Hall–Kier alpha value is -1.77. The van der Waals surface area contributed by atoms with Crippen molar-refractivity contribution >= 4 is 17.1 Å². The van der Waals surface area contributed by atoms with Crippen molar-refractivity contribution in [1.29, 1.82) is 0 Å². The molecule has 3 heteroatoms. The van der Waals surface area contributed by atoms with E-state index >= 15 is 0 Å². The standard InChI is InChI=1S/C13H12N2O/c1-2-9-10-8-14-5-4-11(10)15-6-7-16-12(3-1)13(9)15/h1-3,8H,4-7H2. The largest absolute Gasteiger partial charge is 0.490 e. The van der Waals surface area contributed by atoms with Crippen LogP contribution in [0.1, 0.15) is 11.3 Å². The van der Waals surface area contributed by atoms with Crippen LogP contribution in [0.25, 0.3) is 10.9 Å². The van der Waals surface area contributed by atoms with Gasteiger partial charge in [0.2, 0.25) is 0 Å². The lowest BCUT2D eigenvalue weighted by atomic mass is 10.1. The maximum atomic E-state index is 5.71. The number of nitrogens with zero attached hydrogens (tertiary/aromatic N) is 2. The molecule has 0 spiro atoms. The molecule has 80 valence electrons. The maximum Gasteiger partial charge on any atom is 0.143 e. The minimum Gasteiger partial charge on any atom is -0.490 e. The van der Waals surface area contributed by atoms with Crippen molar-refractivity contribution in [3.63, 3.8) is 0 Å². The first-order chi connectivity index (χ1) is 7.95. The normalized spacial score (nSPS) is 17.2. The van der Waals surface area contributed by atoms with Gasteiger partial charge >= 0.3 is 0 Å². The number of benzene rings is 1. The average Bonchev–Trinajstić information content (AvgIpc) is 2.68. The Morgan fingerprint density at radius 1 is 1.31 bits per heavy atom. The third-order valence-corrected chi connectivity index (χ3v) is 3.47. The van der Waals surface area contributed by atoms with Crippen LogP contribution in [0, 0.1) is 0 Å². The Labute approximate surface area is 93.4 Å². The Balaban J connectivity index is 2.21. The summed E-state index contributed by atoms with van der Waals surface area (Å²) in [5.74, 6) is 1.02. The molecule has 4 rings (SSSR count). The quantitative estimate of drug-likeness (QED) is 0.656. The fourth-order valence-electron chi connectivity index (χ4n) is 2.80. The number of hydrogen-bond donors (Lipinski definition) is 0. The van der Waals surface area contributed by atoms with E-state index in [1.54, 1.807) is 0 Å². The summed E-state index contributed by atoms with van der Waals surface area (Å²) in [5, 5.41) is 1.29. The fraction of sp³-hybridized carbons (Fsp3) is 0.308. The number of para-hydroxylation sites is 1. The lowest BCUT2D eigenvalue weighted by Crippen LogP contribution is -2.17. The van der Waals surface area contributed by atoms with Gasteiger partial charge in [0.15, 0.2) is 0 Å². The van der Waals surface area contributed by atoms with Crippen molar-refractivity contribution in [1.82, 2.24) is 4.57 Å². The summed E-state index contributed by atoms with van der Waals surface area (Å²) in [6, 6.07) is 6.29. The SMILES string of the molecule is C1=NCCc2c1c1cccc3c1n2CCO3. The third-order valence-electron chi connectivity index (χ3n) is 3.47. The smallest absolute Gasteiger partial charge is 0.143 e. The first-order valence-corrected chi connectivity index (χ1v) is 5.72. The van der Waals surface area contributed by atoms with Gasteiger partial charge < -0.3 is 9.30 Å². The monoisotopic (exact) mass is 212 g/mol. The summed E-state index contributed by atoms with van der Waals surface area (Å²) in [5.41, 5.74) is 3.99. The van der Waals surface area contributed by atoms with Crippen molar-refractivity contribution in [2.75, 3.05) is 13.2 Å². The summed E-state index contributed by atoms with van der Waals surface area (Å²) < 4.78 is 8.12. The van der Waals surface area contributed by atoms with Gasteiger partial charge in [0, 0.05) is 35.8 Å². The molecular weight excluding hydrogens is 200 g/mol. The molecule has 0 amide bonds. The van der Waals surface area contributed by atoms with Gasteiger partial charge in [0.1, 0.15) is 12.4 Å². The van der Waals surface area contributed by atoms with Crippen LogP contribution >= 0.6 is 0 Å². The highest BCUT2D eigenvalue weighted by molar-refractivity contribution is 6.04. The molecule has 0 N–H and O–H groups in total. The van der Waals surface area contributed by atoms with E-state index < -0.39 is 0 Å². The van der Waals surface area contributed by atoms with Crippen LogP contribution in [0.4, 0.5) is 0 Å². The van der Waals surface area contributed by atoms with Crippen LogP contribution in [-0.4, -0.2) is 23.9 Å². The molecule has 0 unspecified atom stereocenters. The molecule has 1 aromatic carbocycles. The number of aromatic nitrogens is 1. The number of aliphatic imine (C=N–C) groups is 1. The molecule has 3 nitrogen and oxygen atoms in total. The zero-order valence-corrected chi connectivity index (χ0v) is 8.94. The molecule has 0 fully saturated rings. The van der Waals surface area contributed by atoms with E-state index in [-0.39, 0.29) is 0 Å². The summed E-state index contributed by atoms with van der Waals surface area (Å²) in [6.07, 6.45) is 3.08. The van der Waals surface area contributed by atoms with E-state index in [0.29, 0.717) is 0 Å². The summed E-state index contributed by atoms with van der Waals surface area (Å²) in [4.78, 5) is 4.39. The predicted octanol–water partition coefficient (Wildman–Crippen LogP) is 2.01. The number of fused-ring (bicyclic) bond motifs is 3. The van der Waals surface area contributed by atoms with Crippen LogP contribution in [0.2, 0.25) is 0 Å². The van der Waals surface area contributed by atoms with Gasteiger partial charge in [-0.25, -0.2) is 0 Å². The van der Waals surface area contributed by atoms with E-state index in [0.717, 1.165) is 31.9 Å². The minimum atomic E-state index is 0.782. The summed E-state index contributed by atoms with van der Waals surface area (Å²) in [6.45, 7) is 2.67. The molecule has 0 bridgehead atoms. The molecule has 0 saturated carbocycles. The number of ether oxygens (including phenoxy) is 1. The van der Waals surface area contributed by atoms with E-state index in [1.165, 1.54) is 22.2 Å². The minimum absolute atomic E-state index is 0.782. The van der Waals surface area contributed by atoms with Gasteiger partial charge in [-0.15, -0.1) is 0 Å². The van der Waals surface area contributed by atoms with Crippen molar-refractivity contribution < 1.29 is 4.74 Å². The Morgan fingerprint density at radius 3 is 3.31 bits per heavy atom. The maximum absolute atomic E-state index is 5.71. The molecule has 0 atom stereocenters. The van der Waals surface area contributed by atoms with Crippen molar-refractivity contribution in [3.05, 3.63) is 29.5 Å². The molecule has 2 aliphatic rings. The third kappa shape index (κ3) is 0.907. The van der Waals surface area contributed by atoms with Crippen LogP contribution in [0.5, 0.6) is 5.75 Å². The van der Waals surface area contributed by atoms with E-state index in [4.69, 9.17) is 4.74 Å². The van der Waals surface area contributed by atoms with Crippen LogP contribution in [0.3, 0.4) is 0 Å². The van der Waals surface area contributed by atoms with Crippen molar-refractivity contribution in [3.8, 4) is 5.75 Å². The van der Waals surface area contributed by atoms with Crippen LogP contribution in [0.15, 0.2) is 23.2 Å². The van der Waals surface area contributed by atoms with Gasteiger partial charge in [-0.1, -0.05) is 12.1 Å². The molecule has 0 saturated heterocycles. The lowest BCUT2D eigenvalue weighted by Gasteiger charge is -2.19. The second-order valence-corrected chi connectivity index (χ2v) is 4.30. The average molecular weight is 212 g/mol. The fourth-order valence-corrected chi connectivity index (χ4v) is 2.80. The molecule has 16 heavy (non-hydrogen) atoms. The topological polar surface area (TPSA) is 26.5 Å². The first-order valence-electron chi connectivity index (χ1n) is 5.72. The lowest BCUT2D eigenvalue weighted by molar-refractivity contribution is 0.285. The number of hydrogen-bond acceptors (Lipinski definition) is 2. The van der Waals surface area contributed by atoms with Crippen LogP contribution in [-0.2, 0) is 13.0 Å². The summed E-state index contributed by atoms with van der Waals surface area (Å²) >= 11 is 0. The second-order valence-electron chi connectivity index (χ2n) is 4.30. The Morgan fingerprint density at radius 2 is 2.31 bits per heavy atom. The zero-order valence-electron chi connectivity index (χ0n) is 8.94. The Bertz CT molecular complexity index is 610. The van der Waals surface area contributed by atoms with E-state index in [9.17, 15) is 0 Å². The molecule has 3 heterocycles. The zero-order chi connectivity index (χ0) is 10.5. The highest BCUT2D eigenvalue weighted by Gasteiger charge is 2.22. The number of rotatable bonds is 0. The van der Waals surface area contributed by atoms with E-state index in [1.807, 2.05) is 6.21 Å². The molecule has 2 aromatic rings. The molecule has 0 radical (unpaired) electrons. The van der Waals surface area contributed by atoms with Crippen molar-refractivity contribution in [2.24, 2.45) is 4.99 Å². The first kappa shape index (κ1) is 8.39. The van der Waals surface area contributed by atoms with Gasteiger partial charge in [-0.3, -0.25) is 4.99 Å². The summed E-state index contributed by atoms with van der Waals surface area (Å²) in [7, 11) is 0. The Kier molecular flexibility index (Phi) is 1.51. The molecule has 1 aromatic heterocycles. The highest BCUT2D eigenvalue weighted by Crippen LogP contribution is 2.35. The van der Waals surface area contributed by atoms with Gasteiger partial charge in [0.05, 0.1) is 12.1 Å². The van der Waals surface area contributed by atoms with Gasteiger partial charge in [0.25, 0.3) is 0 Å². The van der Waals surface area contributed by atoms with Gasteiger partial charge in [-0.05, 0) is 6.07 Å². The molecule has 2 aliphatic heterocycles. The van der Waals surface area contributed by atoms with E-state index in [2.05, 4.69) is 27.8 Å². The van der Waals surface area contributed by atoms with Gasteiger partial charge in [-0.2, -0.15) is 0 Å². The van der Waals surface area contributed by atoms with Crippen molar-refractivity contribution in [2.45, 2.75) is 13.0 Å². The highest BCUT2D eigenvalue weighted by atomic mass is 16.5. The second kappa shape index (κ2) is 2.88. The predicted molar refractivity (Wildman–Crippen MR) is 63.6 cm³/mol. The molecule has 0 aliphatic carbocycles. The van der Waals surface area contributed by atoms with Crippen LogP contribution < -0.4 is 4.74 Å². The molecular formula is C13H12N2O.